The number of sulfonamides is 1. The third-order valence-electron chi connectivity index (χ3n) is 11.4. The number of nitro benzene ring substituents is 2. The van der Waals surface area contributed by atoms with E-state index in [9.17, 15) is 38.2 Å². The van der Waals surface area contributed by atoms with Crippen LogP contribution in [0.15, 0.2) is 53.4 Å². The van der Waals surface area contributed by atoms with Crippen LogP contribution >= 0.6 is 0 Å². The largest absolute Gasteiger partial charge is 0.443 e. The molecule has 2 aliphatic heterocycles. The van der Waals surface area contributed by atoms with Crippen LogP contribution in [0.1, 0.15) is 101 Å². The summed E-state index contributed by atoms with van der Waals surface area (Å²) >= 11 is 0. The van der Waals surface area contributed by atoms with Crippen molar-refractivity contribution < 1.29 is 32.6 Å². The first kappa shape index (κ1) is 40.5. The summed E-state index contributed by atoms with van der Waals surface area (Å²) in [6.45, 7) is 16.6. The standard InChI is InChI=1S/C41H49N5O9S/c1-23-18-27(19-24(2)26(23)4)37-36(25(3)22-42-56(53,54)35-17-15-31(45(49)50)21-34(35)46(51)52)32-20-28(10-16-33(32)44(37)39(48)55-40(5,6)7)41(8,9)38(47)43-29-11-12-30(43)14-13-29/h10,15-21,25,29-30,42H,11-14,22H2,1-9H3/t25-,29?,30?/m1/s1. The summed E-state index contributed by atoms with van der Waals surface area (Å²) in [7, 11) is -4.58. The Kier molecular flexibility index (Phi) is 10.4. The number of ether oxygens (including phenoxy) is 1. The maximum atomic E-state index is 14.3. The number of amides is 1. The van der Waals surface area contributed by atoms with Crippen LogP contribution in [0, 0.1) is 41.0 Å². The molecule has 3 heterocycles. The van der Waals surface area contributed by atoms with Gasteiger partial charge in [0.1, 0.15) is 5.60 Å². The number of benzene rings is 3. The van der Waals surface area contributed by atoms with Crippen molar-refractivity contribution in [2.24, 2.45) is 0 Å². The van der Waals surface area contributed by atoms with Crippen LogP contribution < -0.4 is 4.72 Å². The van der Waals surface area contributed by atoms with Gasteiger partial charge in [-0.05, 0) is 151 Å². The van der Waals surface area contributed by atoms with Gasteiger partial charge in [0.05, 0.1) is 32.5 Å². The molecule has 4 aromatic rings. The summed E-state index contributed by atoms with van der Waals surface area (Å²) in [4.78, 5) is 51.4. The van der Waals surface area contributed by atoms with Crippen LogP contribution in [0.5, 0.6) is 0 Å². The molecule has 15 heteroatoms. The molecule has 0 aliphatic carbocycles. The summed E-state index contributed by atoms with van der Waals surface area (Å²) in [6, 6.07) is 12.3. The Hall–Kier alpha value is -5.15. The second kappa shape index (κ2) is 14.4. The Morgan fingerprint density at radius 1 is 0.893 bits per heavy atom. The predicted octanol–water partition coefficient (Wildman–Crippen LogP) is 8.35. The predicted molar refractivity (Wildman–Crippen MR) is 212 cm³/mol. The third kappa shape index (κ3) is 7.29. The van der Waals surface area contributed by atoms with Crippen LogP contribution in [-0.2, 0) is 25.0 Å². The number of rotatable bonds is 10. The quantitative estimate of drug-likeness (QED) is 0.122. The molecule has 3 aromatic carbocycles. The zero-order valence-electron chi connectivity index (χ0n) is 33.3. The number of hydrogen-bond acceptors (Lipinski definition) is 9. The molecule has 2 aliphatic rings. The molecule has 1 atom stereocenters. The van der Waals surface area contributed by atoms with Gasteiger partial charge in [-0.2, -0.15) is 0 Å². The van der Waals surface area contributed by atoms with Gasteiger partial charge in [-0.15, -0.1) is 0 Å². The zero-order valence-corrected chi connectivity index (χ0v) is 34.1. The molecule has 2 bridgehead atoms. The molecule has 0 radical (unpaired) electrons. The van der Waals surface area contributed by atoms with Crippen LogP contribution in [0.2, 0.25) is 0 Å². The minimum absolute atomic E-state index is 0.0329. The van der Waals surface area contributed by atoms with Gasteiger partial charge in [0.15, 0.2) is 4.90 Å². The van der Waals surface area contributed by atoms with Gasteiger partial charge in [-0.3, -0.25) is 25.0 Å². The molecule has 2 fully saturated rings. The van der Waals surface area contributed by atoms with Crippen LogP contribution in [0.25, 0.3) is 22.2 Å². The Morgan fingerprint density at radius 3 is 2.02 bits per heavy atom. The summed E-state index contributed by atoms with van der Waals surface area (Å²) in [5, 5.41) is 23.8. The Labute approximate surface area is 326 Å². The number of carbonyl (C=O) groups excluding carboxylic acids is 2. The fourth-order valence-electron chi connectivity index (χ4n) is 8.25. The highest BCUT2D eigenvalue weighted by atomic mass is 32.2. The lowest BCUT2D eigenvalue weighted by atomic mass is 9.81. The normalized spacial score (nSPS) is 17.7. The first-order valence-corrected chi connectivity index (χ1v) is 20.3. The van der Waals surface area contributed by atoms with Crippen LogP contribution in [0.3, 0.4) is 0 Å². The van der Waals surface area contributed by atoms with Crippen LogP contribution in [-0.4, -0.2) is 64.0 Å². The molecule has 0 spiro atoms. The van der Waals surface area contributed by atoms with Crippen molar-refractivity contribution in [2.75, 3.05) is 6.54 Å². The van der Waals surface area contributed by atoms with Gasteiger partial charge < -0.3 is 9.64 Å². The lowest BCUT2D eigenvalue weighted by molar-refractivity contribution is -0.396. The van der Waals surface area contributed by atoms with Gasteiger partial charge in [-0.1, -0.05) is 13.0 Å². The SMILES string of the molecule is Cc1cc(-c2c([C@H](C)CNS(=O)(=O)c3ccc([N+](=O)[O-])cc3[N+](=O)[O-])c3cc(C(C)(C)C(=O)N4C5CCC4CC5)ccc3n2C(=O)OC(C)(C)C)cc(C)c1C. The number of aromatic nitrogens is 1. The van der Waals surface area contributed by atoms with Crippen molar-refractivity contribution in [1.29, 1.82) is 0 Å². The zero-order chi connectivity index (χ0) is 41.2. The van der Waals surface area contributed by atoms with E-state index < -0.39 is 59.2 Å². The van der Waals surface area contributed by atoms with Crippen molar-refractivity contribution in [2.45, 2.75) is 122 Å². The van der Waals surface area contributed by atoms with Crippen molar-refractivity contribution in [3.8, 4) is 11.3 Å². The highest BCUT2D eigenvalue weighted by Gasteiger charge is 2.47. The molecule has 14 nitrogen and oxygen atoms in total. The van der Waals surface area contributed by atoms with Crippen molar-refractivity contribution in [3.63, 3.8) is 0 Å². The van der Waals surface area contributed by atoms with E-state index in [2.05, 4.69) is 9.62 Å². The molecule has 1 aromatic heterocycles. The molecule has 6 rings (SSSR count). The monoisotopic (exact) mass is 787 g/mol. The van der Waals surface area contributed by atoms with Gasteiger partial charge in [0, 0.05) is 30.1 Å². The number of nitro groups is 2. The van der Waals surface area contributed by atoms with Gasteiger partial charge >= 0.3 is 6.09 Å². The molecular formula is C41H49N5O9S. The molecule has 298 valence electrons. The Morgan fingerprint density at radius 2 is 1.48 bits per heavy atom. The number of hydrogen-bond donors (Lipinski definition) is 1. The van der Waals surface area contributed by atoms with E-state index in [1.54, 1.807) is 33.8 Å². The molecule has 0 unspecified atom stereocenters. The average Bonchev–Trinajstić information content (AvgIpc) is 3.82. The number of non-ortho nitro benzene ring substituents is 1. The second-order valence-corrected chi connectivity index (χ2v) is 18.5. The first-order chi connectivity index (χ1) is 26.0. The molecule has 2 saturated heterocycles. The number of aryl methyl sites for hydroxylation is 2. The van der Waals surface area contributed by atoms with E-state index in [1.807, 2.05) is 58.9 Å². The van der Waals surface area contributed by atoms with Crippen molar-refractivity contribution in [3.05, 3.63) is 96.6 Å². The molecule has 1 amide bonds. The van der Waals surface area contributed by atoms with E-state index >= 15 is 0 Å². The minimum Gasteiger partial charge on any atom is -0.443 e. The fourth-order valence-corrected chi connectivity index (χ4v) is 9.53. The maximum Gasteiger partial charge on any atom is 0.419 e. The van der Waals surface area contributed by atoms with Gasteiger partial charge in [0.2, 0.25) is 15.9 Å². The van der Waals surface area contributed by atoms with E-state index in [0.717, 1.165) is 60.1 Å². The summed E-state index contributed by atoms with van der Waals surface area (Å²) in [5.74, 6) is -0.640. The summed E-state index contributed by atoms with van der Waals surface area (Å²) < 4.78 is 37.4. The van der Waals surface area contributed by atoms with Crippen LogP contribution in [0.4, 0.5) is 16.2 Å². The van der Waals surface area contributed by atoms with Crippen molar-refractivity contribution in [1.82, 2.24) is 14.2 Å². The average molecular weight is 788 g/mol. The number of carbonyl (C=O) groups is 2. The number of fused-ring (bicyclic) bond motifs is 3. The molecule has 56 heavy (non-hydrogen) atoms. The maximum absolute atomic E-state index is 14.3. The van der Waals surface area contributed by atoms with E-state index in [0.29, 0.717) is 33.8 Å². The molecule has 0 saturated carbocycles. The lowest BCUT2D eigenvalue weighted by Gasteiger charge is -2.33. The molecule has 1 N–H and O–H groups in total. The van der Waals surface area contributed by atoms with Crippen molar-refractivity contribution >= 4 is 44.3 Å². The highest BCUT2D eigenvalue weighted by molar-refractivity contribution is 7.89. The Bertz CT molecular complexity index is 2370. The smallest absolute Gasteiger partial charge is 0.419 e. The number of nitrogens with one attached hydrogen (secondary N) is 1. The topological polar surface area (TPSA) is 184 Å². The van der Waals surface area contributed by atoms with E-state index in [1.165, 1.54) is 4.57 Å². The van der Waals surface area contributed by atoms with Gasteiger partial charge in [-0.25, -0.2) is 22.5 Å². The number of nitrogens with zero attached hydrogens (tertiary/aromatic N) is 4. The first-order valence-electron chi connectivity index (χ1n) is 18.8. The third-order valence-corrected chi connectivity index (χ3v) is 12.9. The minimum atomic E-state index is -4.58. The lowest BCUT2D eigenvalue weighted by Crippen LogP contribution is -2.45. The van der Waals surface area contributed by atoms with Gasteiger partial charge in [0.25, 0.3) is 11.4 Å². The summed E-state index contributed by atoms with van der Waals surface area (Å²) in [5.41, 5.74) is 2.63. The fraction of sp³-hybridized carbons (Fsp3) is 0.463. The Balaban J connectivity index is 1.54. The molecular weight excluding hydrogens is 739 g/mol. The highest BCUT2D eigenvalue weighted by Crippen LogP contribution is 2.44. The van der Waals surface area contributed by atoms with E-state index in [4.69, 9.17) is 4.74 Å². The summed E-state index contributed by atoms with van der Waals surface area (Å²) in [6.07, 6.45) is 3.31. The van der Waals surface area contributed by atoms with E-state index in [-0.39, 0.29) is 24.5 Å². The second-order valence-electron chi connectivity index (χ2n) is 16.8.